The van der Waals surface area contributed by atoms with Crippen LogP contribution in [0.2, 0.25) is 5.02 Å². The molecule has 0 amide bonds. The van der Waals surface area contributed by atoms with Crippen LogP contribution in [0, 0.1) is 0 Å². The number of sulfonamides is 1. The summed E-state index contributed by atoms with van der Waals surface area (Å²) in [7, 11) is -3.28. The van der Waals surface area contributed by atoms with E-state index in [4.69, 9.17) is 11.6 Å². The molecule has 2 aromatic rings. The maximum Gasteiger partial charge on any atom is 0.262 e. The van der Waals surface area contributed by atoms with E-state index in [-0.39, 0.29) is 17.4 Å². The topological polar surface area (TPSA) is 71.8 Å². The van der Waals surface area contributed by atoms with Gasteiger partial charge in [-0.3, -0.25) is 9.20 Å². The van der Waals surface area contributed by atoms with Gasteiger partial charge in [0.05, 0.1) is 21.5 Å². The van der Waals surface area contributed by atoms with Gasteiger partial charge in [-0.05, 0) is 25.0 Å². The third-order valence-corrected chi connectivity index (χ3v) is 6.77. The second-order valence-corrected chi connectivity index (χ2v) is 8.40. The van der Waals surface area contributed by atoms with Crippen molar-refractivity contribution in [3.05, 3.63) is 45.0 Å². The van der Waals surface area contributed by atoms with Crippen molar-refractivity contribution in [1.82, 2.24) is 13.7 Å². The first-order valence-corrected chi connectivity index (χ1v) is 9.03. The highest BCUT2D eigenvalue weighted by atomic mass is 35.5. The quantitative estimate of drug-likeness (QED) is 0.824. The van der Waals surface area contributed by atoms with Gasteiger partial charge in [0, 0.05) is 25.7 Å². The Morgan fingerprint density at radius 2 is 2.05 bits per heavy atom. The molecule has 4 rings (SSSR count). The molecule has 0 aromatic carbocycles. The minimum Gasteiger partial charge on any atom is -0.269 e. The largest absolute Gasteiger partial charge is 0.269 e. The summed E-state index contributed by atoms with van der Waals surface area (Å²) in [4.78, 5) is 17.1. The molecule has 2 aromatic heterocycles. The zero-order valence-electron chi connectivity index (χ0n) is 11.7. The summed E-state index contributed by atoms with van der Waals surface area (Å²) in [6, 6.07) is 3.37. The smallest absolute Gasteiger partial charge is 0.262 e. The molecule has 116 valence electrons. The minimum atomic E-state index is -3.28. The SMILES string of the molecule is O=c1c2c(nc3ccc(Cl)cn13)CCN(S(=O)(=O)C1CC1)C2. The normalized spacial score (nSPS) is 19.3. The molecule has 1 aliphatic heterocycles. The fraction of sp³-hybridized carbons (Fsp3) is 0.429. The number of rotatable bonds is 2. The molecule has 0 unspecified atom stereocenters. The van der Waals surface area contributed by atoms with E-state index in [1.54, 1.807) is 12.1 Å². The summed E-state index contributed by atoms with van der Waals surface area (Å²) in [5.41, 5.74) is 1.44. The lowest BCUT2D eigenvalue weighted by atomic mass is 10.1. The lowest BCUT2D eigenvalue weighted by Gasteiger charge is -2.27. The Bertz CT molecular complexity index is 934. The molecule has 3 heterocycles. The number of hydrogen-bond donors (Lipinski definition) is 0. The van der Waals surface area contributed by atoms with Gasteiger partial charge in [0.2, 0.25) is 10.0 Å². The molecule has 22 heavy (non-hydrogen) atoms. The number of halogens is 1. The van der Waals surface area contributed by atoms with E-state index in [1.807, 2.05) is 0 Å². The number of pyridine rings is 1. The number of hydrogen-bond acceptors (Lipinski definition) is 4. The highest BCUT2D eigenvalue weighted by molar-refractivity contribution is 7.90. The highest BCUT2D eigenvalue weighted by Gasteiger charge is 2.41. The van der Waals surface area contributed by atoms with Crippen LogP contribution in [-0.2, 0) is 23.0 Å². The second kappa shape index (κ2) is 4.78. The summed E-state index contributed by atoms with van der Waals surface area (Å²) in [5, 5.41) is 0.175. The van der Waals surface area contributed by atoms with Gasteiger partial charge in [0.15, 0.2) is 0 Å². The van der Waals surface area contributed by atoms with Gasteiger partial charge in [0.25, 0.3) is 5.56 Å². The lowest BCUT2D eigenvalue weighted by Crippen LogP contribution is -2.41. The van der Waals surface area contributed by atoms with Crippen molar-refractivity contribution >= 4 is 27.3 Å². The molecular formula is C14H14ClN3O3S. The van der Waals surface area contributed by atoms with Crippen LogP contribution in [0.15, 0.2) is 23.1 Å². The van der Waals surface area contributed by atoms with Gasteiger partial charge in [-0.2, -0.15) is 4.31 Å². The zero-order chi connectivity index (χ0) is 15.5. The monoisotopic (exact) mass is 339 g/mol. The van der Waals surface area contributed by atoms with Crippen LogP contribution in [0.4, 0.5) is 0 Å². The van der Waals surface area contributed by atoms with Crippen molar-refractivity contribution in [2.45, 2.75) is 31.1 Å². The summed E-state index contributed by atoms with van der Waals surface area (Å²) in [5.74, 6) is 0. The van der Waals surface area contributed by atoms with Crippen molar-refractivity contribution < 1.29 is 8.42 Å². The first-order valence-electron chi connectivity index (χ1n) is 7.15. The average molecular weight is 340 g/mol. The maximum absolute atomic E-state index is 12.6. The first-order chi connectivity index (χ1) is 10.5. The summed E-state index contributed by atoms with van der Waals surface area (Å²) in [6.45, 7) is 0.498. The van der Waals surface area contributed by atoms with E-state index in [2.05, 4.69) is 4.98 Å². The lowest BCUT2D eigenvalue weighted by molar-refractivity contribution is 0.384. The van der Waals surface area contributed by atoms with Gasteiger partial charge < -0.3 is 0 Å². The Morgan fingerprint density at radius 3 is 2.77 bits per heavy atom. The Labute approximate surface area is 132 Å². The summed E-state index contributed by atoms with van der Waals surface area (Å²) >= 11 is 5.93. The molecule has 0 atom stereocenters. The fourth-order valence-electron chi connectivity index (χ4n) is 2.84. The van der Waals surface area contributed by atoms with Crippen LogP contribution in [0.25, 0.3) is 5.65 Å². The van der Waals surface area contributed by atoms with Gasteiger partial charge in [-0.15, -0.1) is 0 Å². The van der Waals surface area contributed by atoms with Crippen LogP contribution in [0.3, 0.4) is 0 Å². The van der Waals surface area contributed by atoms with E-state index in [0.717, 1.165) is 12.8 Å². The summed E-state index contributed by atoms with van der Waals surface area (Å²) in [6.07, 6.45) is 3.42. The molecule has 1 aliphatic carbocycles. The Balaban J connectivity index is 1.82. The molecule has 1 saturated carbocycles. The Morgan fingerprint density at radius 1 is 1.27 bits per heavy atom. The van der Waals surface area contributed by atoms with Gasteiger partial charge in [-0.25, -0.2) is 13.4 Å². The Hall–Kier alpha value is -1.44. The number of nitrogens with zero attached hydrogens (tertiary/aromatic N) is 3. The zero-order valence-corrected chi connectivity index (χ0v) is 13.3. The van der Waals surface area contributed by atoms with Crippen LogP contribution < -0.4 is 5.56 Å². The summed E-state index contributed by atoms with van der Waals surface area (Å²) < 4.78 is 27.5. The predicted molar refractivity (Wildman–Crippen MR) is 82.5 cm³/mol. The molecule has 0 saturated heterocycles. The third kappa shape index (κ3) is 2.15. The van der Waals surface area contributed by atoms with Crippen molar-refractivity contribution in [3.63, 3.8) is 0 Å². The van der Waals surface area contributed by atoms with Crippen LogP contribution in [0.5, 0.6) is 0 Å². The van der Waals surface area contributed by atoms with Crippen molar-refractivity contribution in [3.8, 4) is 0 Å². The van der Waals surface area contributed by atoms with Crippen molar-refractivity contribution in [2.75, 3.05) is 6.54 Å². The van der Waals surface area contributed by atoms with E-state index >= 15 is 0 Å². The molecule has 0 radical (unpaired) electrons. The van der Waals surface area contributed by atoms with E-state index in [0.29, 0.717) is 34.9 Å². The standard InChI is InChI=1S/C14H14ClN3O3S/c15-9-1-4-13-16-12-5-6-17(22(20,21)10-2-3-10)8-11(12)14(19)18(13)7-9/h1,4,7,10H,2-3,5-6,8H2. The molecule has 0 N–H and O–H groups in total. The third-order valence-electron chi connectivity index (χ3n) is 4.20. The first kappa shape index (κ1) is 14.2. The molecular weight excluding hydrogens is 326 g/mol. The van der Waals surface area contributed by atoms with Crippen molar-refractivity contribution in [1.29, 1.82) is 0 Å². The van der Waals surface area contributed by atoms with E-state index in [9.17, 15) is 13.2 Å². The Kier molecular flexibility index (Phi) is 3.08. The van der Waals surface area contributed by atoms with Gasteiger partial charge in [-0.1, -0.05) is 11.6 Å². The van der Waals surface area contributed by atoms with Crippen molar-refractivity contribution in [2.24, 2.45) is 0 Å². The van der Waals surface area contributed by atoms with Crippen LogP contribution in [0.1, 0.15) is 24.1 Å². The molecule has 0 spiro atoms. The molecule has 1 fully saturated rings. The number of aromatic nitrogens is 2. The molecule has 0 bridgehead atoms. The van der Waals surface area contributed by atoms with Crippen LogP contribution in [-0.4, -0.2) is 33.9 Å². The van der Waals surface area contributed by atoms with E-state index < -0.39 is 10.0 Å². The average Bonchev–Trinajstić information content (AvgIpc) is 3.33. The maximum atomic E-state index is 12.6. The highest BCUT2D eigenvalue weighted by Crippen LogP contribution is 2.32. The van der Waals surface area contributed by atoms with E-state index in [1.165, 1.54) is 14.9 Å². The fourth-order valence-corrected chi connectivity index (χ4v) is 4.81. The second-order valence-electron chi connectivity index (χ2n) is 5.75. The molecule has 6 nitrogen and oxygen atoms in total. The number of fused-ring (bicyclic) bond motifs is 2. The minimum absolute atomic E-state index is 0.107. The molecule has 8 heteroatoms. The van der Waals surface area contributed by atoms with Gasteiger partial charge in [0.1, 0.15) is 5.65 Å². The van der Waals surface area contributed by atoms with Crippen LogP contribution >= 0.6 is 11.6 Å². The molecule has 2 aliphatic rings. The van der Waals surface area contributed by atoms with Gasteiger partial charge >= 0.3 is 0 Å². The predicted octanol–water partition coefficient (Wildman–Crippen LogP) is 1.20.